The van der Waals surface area contributed by atoms with E-state index in [2.05, 4.69) is 25.9 Å². The van der Waals surface area contributed by atoms with E-state index in [-0.39, 0.29) is 5.91 Å². The molecule has 0 unspecified atom stereocenters. The summed E-state index contributed by atoms with van der Waals surface area (Å²) < 4.78 is 1.75. The van der Waals surface area contributed by atoms with E-state index >= 15 is 0 Å². The second-order valence-corrected chi connectivity index (χ2v) is 4.16. The monoisotopic (exact) mass is 252 g/mol. The van der Waals surface area contributed by atoms with Crippen LogP contribution in [0, 0.1) is 0 Å². The number of aromatic nitrogens is 4. The first-order chi connectivity index (χ1) is 8.29. The second kappa shape index (κ2) is 5.39. The summed E-state index contributed by atoms with van der Waals surface area (Å²) in [5.41, 5.74) is 0. The second-order valence-electron chi connectivity index (χ2n) is 3.19. The molecule has 2 N–H and O–H groups in total. The predicted octanol–water partition coefficient (Wildman–Crippen LogP) is 0.206. The Hall–Kier alpha value is -1.96. The molecule has 2 heterocycles. The number of rotatable bonds is 5. The number of carbonyl (C=O) groups is 1. The van der Waals surface area contributed by atoms with Gasteiger partial charge in [-0.05, 0) is 6.07 Å². The molecule has 0 spiro atoms. The minimum absolute atomic E-state index is 0.212. The third-order valence-corrected chi connectivity index (χ3v) is 2.96. The van der Waals surface area contributed by atoms with Crippen molar-refractivity contribution in [3.8, 4) is 0 Å². The van der Waals surface area contributed by atoms with Crippen LogP contribution in [0.5, 0.6) is 0 Å². The van der Waals surface area contributed by atoms with Crippen molar-refractivity contribution in [1.29, 1.82) is 0 Å². The Morgan fingerprint density at radius 2 is 2.41 bits per heavy atom. The highest BCUT2D eigenvalue weighted by molar-refractivity contribution is 7.17. The molecule has 0 aliphatic rings. The van der Waals surface area contributed by atoms with Crippen molar-refractivity contribution in [2.75, 3.05) is 18.9 Å². The third kappa shape index (κ3) is 3.00. The van der Waals surface area contributed by atoms with Crippen molar-refractivity contribution >= 4 is 22.4 Å². The van der Waals surface area contributed by atoms with Crippen molar-refractivity contribution in [1.82, 2.24) is 25.3 Å². The predicted molar refractivity (Wildman–Crippen MR) is 64.0 cm³/mol. The molecule has 0 saturated carbocycles. The van der Waals surface area contributed by atoms with Gasteiger partial charge in [0.05, 0.1) is 6.54 Å². The van der Waals surface area contributed by atoms with Crippen molar-refractivity contribution in [2.45, 2.75) is 6.54 Å². The van der Waals surface area contributed by atoms with E-state index < -0.39 is 0 Å². The minimum atomic E-state index is -0.212. The lowest BCUT2D eigenvalue weighted by molar-refractivity contribution is 0.0951. The molecule has 2 rings (SSSR count). The van der Waals surface area contributed by atoms with Crippen molar-refractivity contribution in [3.63, 3.8) is 0 Å². The Balaban J connectivity index is 1.81. The van der Waals surface area contributed by atoms with E-state index in [4.69, 9.17) is 0 Å². The van der Waals surface area contributed by atoms with Gasteiger partial charge in [-0.1, -0.05) is 11.3 Å². The molecule has 0 radical (unpaired) electrons. The molecule has 0 fully saturated rings. The van der Waals surface area contributed by atoms with Gasteiger partial charge in [-0.25, -0.2) is 0 Å². The topological polar surface area (TPSA) is 84.7 Å². The van der Waals surface area contributed by atoms with Crippen LogP contribution < -0.4 is 10.6 Å². The molecule has 8 heteroatoms. The number of hydrogen-bond donors (Lipinski definition) is 2. The average molecular weight is 252 g/mol. The summed E-state index contributed by atoms with van der Waals surface area (Å²) in [5.74, 6) is -0.212. The SMILES string of the molecule is CNc1nnc(C(=O)NCCn2cccn2)s1. The molecule has 2 aromatic rings. The van der Waals surface area contributed by atoms with Crippen LogP contribution >= 0.6 is 11.3 Å². The van der Waals surface area contributed by atoms with Crippen LogP contribution in [-0.2, 0) is 6.54 Å². The van der Waals surface area contributed by atoms with Gasteiger partial charge in [0.15, 0.2) is 0 Å². The summed E-state index contributed by atoms with van der Waals surface area (Å²) >= 11 is 1.22. The number of anilines is 1. The Kier molecular flexibility index (Phi) is 3.66. The number of amides is 1. The van der Waals surface area contributed by atoms with Crippen LogP contribution in [0.4, 0.5) is 5.13 Å². The zero-order valence-electron chi connectivity index (χ0n) is 9.25. The summed E-state index contributed by atoms with van der Waals surface area (Å²) in [6, 6.07) is 1.84. The van der Waals surface area contributed by atoms with Gasteiger partial charge in [0.2, 0.25) is 10.1 Å². The Morgan fingerprint density at radius 3 is 3.06 bits per heavy atom. The molecule has 0 atom stereocenters. The molecule has 0 aromatic carbocycles. The Labute approximate surface area is 102 Å². The molecule has 0 bridgehead atoms. The zero-order chi connectivity index (χ0) is 12.1. The maximum atomic E-state index is 11.6. The van der Waals surface area contributed by atoms with E-state index in [1.54, 1.807) is 17.9 Å². The molecule has 7 nitrogen and oxygen atoms in total. The number of carbonyl (C=O) groups excluding carboxylic acids is 1. The van der Waals surface area contributed by atoms with E-state index in [9.17, 15) is 4.79 Å². The van der Waals surface area contributed by atoms with E-state index in [0.717, 1.165) is 0 Å². The lowest BCUT2D eigenvalue weighted by Gasteiger charge is -2.02. The summed E-state index contributed by atoms with van der Waals surface area (Å²) in [5, 5.41) is 18.2. The number of hydrogen-bond acceptors (Lipinski definition) is 6. The van der Waals surface area contributed by atoms with Gasteiger partial charge in [-0.3, -0.25) is 9.48 Å². The highest BCUT2D eigenvalue weighted by atomic mass is 32.1. The van der Waals surface area contributed by atoms with Gasteiger partial charge in [0, 0.05) is 26.0 Å². The molecule has 0 saturated heterocycles. The molecular weight excluding hydrogens is 240 g/mol. The normalized spacial score (nSPS) is 10.2. The first-order valence-corrected chi connectivity index (χ1v) is 5.88. The van der Waals surface area contributed by atoms with E-state index in [1.807, 2.05) is 12.3 Å². The molecular formula is C9H12N6OS. The van der Waals surface area contributed by atoms with Gasteiger partial charge in [0.25, 0.3) is 5.91 Å². The first kappa shape index (κ1) is 11.5. The van der Waals surface area contributed by atoms with Crippen LogP contribution in [0.3, 0.4) is 0 Å². The van der Waals surface area contributed by atoms with Gasteiger partial charge in [-0.2, -0.15) is 5.10 Å². The Morgan fingerprint density at radius 1 is 1.53 bits per heavy atom. The standard InChI is InChI=1S/C9H12N6OS/c1-10-9-14-13-8(17-9)7(16)11-4-6-15-5-2-3-12-15/h2-3,5H,4,6H2,1H3,(H,10,14)(H,11,16). The summed E-state index contributed by atoms with van der Waals surface area (Å²) in [4.78, 5) is 11.6. The van der Waals surface area contributed by atoms with Crippen molar-refractivity contribution in [3.05, 3.63) is 23.5 Å². The summed E-state index contributed by atoms with van der Waals surface area (Å²) in [6.45, 7) is 1.14. The highest BCUT2D eigenvalue weighted by Gasteiger charge is 2.11. The minimum Gasteiger partial charge on any atom is -0.363 e. The largest absolute Gasteiger partial charge is 0.363 e. The fourth-order valence-corrected chi connectivity index (χ4v) is 1.82. The lowest BCUT2D eigenvalue weighted by Crippen LogP contribution is -2.27. The zero-order valence-corrected chi connectivity index (χ0v) is 10.1. The fraction of sp³-hybridized carbons (Fsp3) is 0.333. The third-order valence-electron chi connectivity index (χ3n) is 2.02. The van der Waals surface area contributed by atoms with Crippen LogP contribution in [0.25, 0.3) is 0 Å². The lowest BCUT2D eigenvalue weighted by atomic mass is 10.5. The van der Waals surface area contributed by atoms with Gasteiger partial charge < -0.3 is 10.6 Å². The Bertz CT molecular complexity index is 479. The molecule has 90 valence electrons. The summed E-state index contributed by atoms with van der Waals surface area (Å²) in [6.07, 6.45) is 3.54. The van der Waals surface area contributed by atoms with Gasteiger partial charge in [0.1, 0.15) is 0 Å². The van der Waals surface area contributed by atoms with E-state index in [0.29, 0.717) is 23.2 Å². The fourth-order valence-electron chi connectivity index (χ4n) is 1.21. The number of nitrogens with one attached hydrogen (secondary N) is 2. The summed E-state index contributed by atoms with van der Waals surface area (Å²) in [7, 11) is 1.74. The van der Waals surface area contributed by atoms with Crippen LogP contribution in [0.2, 0.25) is 0 Å². The first-order valence-electron chi connectivity index (χ1n) is 5.06. The molecule has 2 aromatic heterocycles. The van der Waals surface area contributed by atoms with Crippen molar-refractivity contribution < 1.29 is 4.79 Å². The number of nitrogens with zero attached hydrogens (tertiary/aromatic N) is 4. The molecule has 0 aliphatic heterocycles. The average Bonchev–Trinajstić information content (AvgIpc) is 2.99. The van der Waals surface area contributed by atoms with E-state index in [1.165, 1.54) is 11.3 Å². The molecule has 0 aliphatic carbocycles. The van der Waals surface area contributed by atoms with Gasteiger partial charge >= 0.3 is 0 Å². The maximum absolute atomic E-state index is 11.6. The quantitative estimate of drug-likeness (QED) is 0.794. The van der Waals surface area contributed by atoms with Crippen LogP contribution in [0.1, 0.15) is 9.80 Å². The molecule has 1 amide bonds. The van der Waals surface area contributed by atoms with Crippen LogP contribution in [0.15, 0.2) is 18.5 Å². The molecule has 17 heavy (non-hydrogen) atoms. The smallest absolute Gasteiger partial charge is 0.282 e. The maximum Gasteiger partial charge on any atom is 0.282 e. The highest BCUT2D eigenvalue weighted by Crippen LogP contribution is 2.13. The van der Waals surface area contributed by atoms with Crippen LogP contribution in [-0.4, -0.2) is 39.5 Å². The van der Waals surface area contributed by atoms with Gasteiger partial charge in [-0.15, -0.1) is 10.2 Å². The van der Waals surface area contributed by atoms with Crippen molar-refractivity contribution in [2.24, 2.45) is 0 Å².